The number of hydrogen-bond donors (Lipinski definition) is 6. The first-order chi connectivity index (χ1) is 59.8. The Labute approximate surface area is 726 Å². The highest BCUT2D eigenvalue weighted by molar-refractivity contribution is 6.02. The second kappa shape index (κ2) is 46.8. The van der Waals surface area contributed by atoms with Crippen LogP contribution in [0.25, 0.3) is 73.4 Å². The van der Waals surface area contributed by atoms with Crippen LogP contribution < -0.4 is 30.2 Å². The zero-order valence-corrected chi connectivity index (χ0v) is 73.1. The lowest BCUT2D eigenvalue weighted by atomic mass is 9.87. The van der Waals surface area contributed by atoms with E-state index in [4.69, 9.17) is 43.1 Å². The Morgan fingerprint density at radius 1 is 0.444 bits per heavy atom. The van der Waals surface area contributed by atoms with Gasteiger partial charge in [0.1, 0.15) is 34.7 Å². The molecule has 12 rings (SSSR count). The second-order valence-corrected chi connectivity index (χ2v) is 31.7. The fraction of sp³-hybridized carbons (Fsp3) is 0.343. The van der Waals surface area contributed by atoms with Gasteiger partial charge in [-0.3, -0.25) is 24.4 Å². The summed E-state index contributed by atoms with van der Waals surface area (Å²) in [5.74, 6) is 1.44. The maximum atomic E-state index is 13.9. The van der Waals surface area contributed by atoms with Crippen LogP contribution in [0.3, 0.4) is 0 Å². The highest BCUT2D eigenvalue weighted by Gasteiger charge is 2.31. The lowest BCUT2D eigenvalue weighted by Gasteiger charge is -2.24. The predicted molar refractivity (Wildman–Crippen MR) is 485 cm³/mol. The quantitative estimate of drug-likeness (QED) is 0.0210. The number of carbonyl (C=O) groups is 3. The van der Waals surface area contributed by atoms with Gasteiger partial charge < -0.3 is 69.0 Å². The van der Waals surface area contributed by atoms with E-state index in [2.05, 4.69) is 74.2 Å². The van der Waals surface area contributed by atoms with Gasteiger partial charge in [0.15, 0.2) is 0 Å². The Bertz CT molecular complexity index is 5370. The number of rotatable bonds is 39. The third-order valence-electron chi connectivity index (χ3n) is 21.5. The number of pyridine rings is 2. The third-order valence-corrected chi connectivity index (χ3v) is 21.5. The van der Waals surface area contributed by atoms with Crippen LogP contribution in [0.15, 0.2) is 212 Å². The number of hydrogen-bond acceptors (Lipinski definition) is 15. The molecule has 0 aliphatic heterocycles. The smallest absolute Gasteiger partial charge is 0.222 e. The van der Waals surface area contributed by atoms with Crippen molar-refractivity contribution < 1.29 is 76.0 Å². The average molecular weight is 1690 g/mol. The molecule has 6 N–H and O–H groups in total. The van der Waals surface area contributed by atoms with Crippen LogP contribution >= 0.6 is 0 Å². The average Bonchev–Trinajstić information content (AvgIpc) is 1.39. The van der Waals surface area contributed by atoms with Crippen LogP contribution in [0.2, 0.25) is 0 Å². The van der Waals surface area contributed by atoms with Crippen LogP contribution in [0, 0.1) is 17.5 Å². The number of carbonyl (C=O) groups excluding carboxylic acids is 3. The highest BCUT2D eigenvalue weighted by atomic mass is 19.1. The fourth-order valence-corrected chi connectivity index (χ4v) is 15.0. The molecule has 1 aliphatic rings. The van der Waals surface area contributed by atoms with Crippen LogP contribution in [-0.4, -0.2) is 134 Å². The lowest BCUT2D eigenvalue weighted by molar-refractivity contribution is -0.125. The minimum Gasteiger partial charge on any atom is -0.497 e. The number of para-hydroxylation sites is 2. The van der Waals surface area contributed by atoms with Crippen molar-refractivity contribution in [2.24, 2.45) is 0 Å². The van der Waals surface area contributed by atoms with Crippen LogP contribution in [0.5, 0.6) is 17.2 Å². The number of amides is 3. The molecule has 1 saturated carbocycles. The van der Waals surface area contributed by atoms with E-state index in [-0.39, 0.29) is 98.2 Å². The molecule has 0 spiro atoms. The predicted octanol–water partition coefficient (Wildman–Crippen LogP) is 19.7. The number of nitrogens with one attached hydrogen (secondary N) is 3. The van der Waals surface area contributed by atoms with Gasteiger partial charge in [0.2, 0.25) is 17.7 Å². The molecular weight excluding hydrogens is 1570 g/mol. The van der Waals surface area contributed by atoms with Crippen LogP contribution in [0.4, 0.5) is 13.2 Å². The minimum absolute atomic E-state index is 0.0823. The van der Waals surface area contributed by atoms with Crippen LogP contribution in [-0.2, 0) is 59.8 Å². The Hall–Kier alpha value is -11.6. The van der Waals surface area contributed by atoms with E-state index in [1.54, 1.807) is 104 Å². The van der Waals surface area contributed by atoms with Gasteiger partial charge in [0, 0.05) is 115 Å². The summed E-state index contributed by atoms with van der Waals surface area (Å²) in [7, 11) is 11.2. The maximum Gasteiger partial charge on any atom is 0.222 e. The van der Waals surface area contributed by atoms with Crippen molar-refractivity contribution in [1.82, 2.24) is 30.5 Å². The second-order valence-electron chi connectivity index (χ2n) is 31.7. The zero-order chi connectivity index (χ0) is 88.9. The molecule has 124 heavy (non-hydrogen) atoms. The van der Waals surface area contributed by atoms with Gasteiger partial charge >= 0.3 is 0 Å². The summed E-state index contributed by atoms with van der Waals surface area (Å²) in [6, 6.07) is 58.2. The SMILES string of the molecule is CNC(=O)C[C@@H](C[C@H](O)/C=C/c1c(-c2ccc(F)cc2)c2ccccc2n1C(C)C)OCc1ccc(OC)cc1.CNC(=O)C[C@@H](C[C@H](O)/C=C/c1c(C(C)C)nc(C(C)C)c(COC)c1-c1ccc(F)cc1)OCc1ccc(OC)cc1.CNC(=O)C[C@@H](C[C@H](O)/C=C/c1c(C2CC2)nc2ccccc2c1-c1ccc(F)cc1)OCc1ccc(OC)cc1. The highest BCUT2D eigenvalue weighted by Crippen LogP contribution is 2.46. The first-order valence-electron chi connectivity index (χ1n) is 42.2. The molecule has 654 valence electrons. The van der Waals surface area contributed by atoms with Gasteiger partial charge in [0.25, 0.3) is 0 Å². The van der Waals surface area contributed by atoms with E-state index in [0.717, 1.165) is 141 Å². The Kier molecular flexibility index (Phi) is 35.7. The third kappa shape index (κ3) is 26.7. The summed E-state index contributed by atoms with van der Waals surface area (Å²) >= 11 is 0. The number of nitrogens with zero attached hydrogens (tertiary/aromatic N) is 3. The molecular formula is C102H117F3N6O13. The summed E-state index contributed by atoms with van der Waals surface area (Å²) in [5.41, 5.74) is 16.7. The standard InChI is InChI=1S/C35H45FN2O5.C34H35FN2O4.C33H37FN2O4/c1-22(2)34-30(33(25-10-12-26(36)13-11-25)31(21-41-6)35(38-34)23(3)4)17-14-27(39)18-29(19-32(40)37-5)43-20-24-8-15-28(42-7)16-9-24;1-36-32(39)20-28(41-21-22-7-16-27(40-2)17-8-22)19-26(38)15-18-30-33(23-11-13-25(35)14-12-23)29-5-3-4-6-31(29)37-34(30)24-9-10-24;1-22(2)36-30-8-6-5-7-29(30)33(24-11-13-25(34)14-12-24)31(36)18-15-26(37)19-28(20-32(38)35-3)40-21-23-9-16-27(39-4)17-10-23/h8-17,22-23,27,29,39H,18-21H2,1-7H3,(H,37,40);3-8,11-18,24,26,28,38H,9-10,19-21H2,1-2H3,(H,36,39);5-18,22,26,28,37H,19-21H2,1-4H3,(H,35,38)/b17-14+;2*18-15+/t27-,29-;2*26-,28-/m111/s1. The molecule has 8 aromatic carbocycles. The van der Waals surface area contributed by atoms with E-state index >= 15 is 0 Å². The first-order valence-corrected chi connectivity index (χ1v) is 42.2. The monoisotopic (exact) mass is 1690 g/mol. The van der Waals surface area contributed by atoms with Crippen molar-refractivity contribution in [2.75, 3.05) is 49.6 Å². The molecule has 1 aliphatic carbocycles. The molecule has 3 amide bonds. The first kappa shape index (κ1) is 94.6. The number of aliphatic hydroxyl groups is 3. The summed E-state index contributed by atoms with van der Waals surface area (Å²) < 4.78 is 83.2. The molecule has 0 radical (unpaired) electrons. The number of ether oxygens (including phenoxy) is 7. The summed E-state index contributed by atoms with van der Waals surface area (Å²) in [6.07, 6.45) is 10.0. The Morgan fingerprint density at radius 3 is 1.21 bits per heavy atom. The summed E-state index contributed by atoms with van der Waals surface area (Å²) in [6.45, 7) is 13.8. The molecule has 0 unspecified atom stereocenters. The number of fused-ring (bicyclic) bond motifs is 2. The molecule has 3 heterocycles. The van der Waals surface area contributed by atoms with Crippen molar-refractivity contribution in [3.05, 3.63) is 286 Å². The van der Waals surface area contributed by atoms with Gasteiger partial charge in [0.05, 0.1) is 121 Å². The fourth-order valence-electron chi connectivity index (χ4n) is 15.0. The number of halogens is 3. The number of methoxy groups -OCH3 is 4. The van der Waals surface area contributed by atoms with Gasteiger partial charge in [-0.15, -0.1) is 0 Å². The molecule has 3 aromatic heterocycles. The normalized spacial score (nSPS) is 13.7. The molecule has 6 atom stereocenters. The maximum absolute atomic E-state index is 13.9. The van der Waals surface area contributed by atoms with Crippen molar-refractivity contribution in [3.8, 4) is 50.6 Å². The Balaban J connectivity index is 0.000000195. The summed E-state index contributed by atoms with van der Waals surface area (Å²) in [4.78, 5) is 46.7. The molecule has 1 fully saturated rings. The van der Waals surface area contributed by atoms with E-state index in [9.17, 15) is 42.9 Å². The van der Waals surface area contributed by atoms with Gasteiger partial charge in [-0.2, -0.15) is 0 Å². The molecule has 19 nitrogen and oxygen atoms in total. The topological polar surface area (TPSA) is 243 Å². The molecule has 11 aromatic rings. The zero-order valence-electron chi connectivity index (χ0n) is 73.1. The number of aromatic nitrogens is 3. The molecule has 22 heteroatoms. The van der Waals surface area contributed by atoms with Crippen molar-refractivity contribution in [2.45, 2.75) is 180 Å². The van der Waals surface area contributed by atoms with Crippen LogP contribution in [0.1, 0.15) is 173 Å². The van der Waals surface area contributed by atoms with E-state index in [0.29, 0.717) is 25.7 Å². The molecule has 0 saturated heterocycles. The van der Waals surface area contributed by atoms with Gasteiger partial charge in [-0.25, -0.2) is 13.2 Å². The lowest BCUT2D eigenvalue weighted by Crippen LogP contribution is -2.28. The van der Waals surface area contributed by atoms with Crippen molar-refractivity contribution in [3.63, 3.8) is 0 Å². The number of benzene rings is 8. The Morgan fingerprint density at radius 2 is 0.823 bits per heavy atom. The van der Waals surface area contributed by atoms with Gasteiger partial charge in [-0.05, 0) is 168 Å². The number of aliphatic hydroxyl groups excluding tert-OH is 3. The van der Waals surface area contributed by atoms with E-state index in [1.807, 2.05) is 127 Å². The molecule has 0 bridgehead atoms. The van der Waals surface area contributed by atoms with Crippen molar-refractivity contribution in [1.29, 1.82) is 0 Å². The van der Waals surface area contributed by atoms with E-state index < -0.39 is 36.6 Å². The minimum atomic E-state index is -0.901. The van der Waals surface area contributed by atoms with Crippen molar-refractivity contribution >= 4 is 57.8 Å². The van der Waals surface area contributed by atoms with E-state index in [1.165, 1.54) is 36.4 Å². The van der Waals surface area contributed by atoms with Gasteiger partial charge in [-0.1, -0.05) is 167 Å². The largest absolute Gasteiger partial charge is 0.497 e. The summed E-state index contributed by atoms with van der Waals surface area (Å²) in [5, 5.41) is 43.3.